The fraction of sp³-hybridized carbons (Fsp3) is 0.364. The minimum absolute atomic E-state index is 0.242. The van der Waals surface area contributed by atoms with Gasteiger partial charge in [-0.05, 0) is 19.1 Å². The van der Waals surface area contributed by atoms with Crippen LogP contribution in [0.4, 0.5) is 13.2 Å². The predicted molar refractivity (Wildman–Crippen MR) is 58.8 cm³/mol. The lowest BCUT2D eigenvalue weighted by atomic mass is 10.1. The molecule has 0 saturated heterocycles. The van der Waals surface area contributed by atoms with Gasteiger partial charge in [-0.15, -0.1) is 0 Å². The SMILES string of the molecule is CC(N)C(O)c1cnc2ccc(C(F)(F)F)cn12. The zero-order valence-electron chi connectivity index (χ0n) is 9.52. The maximum absolute atomic E-state index is 12.6. The average molecular weight is 259 g/mol. The molecule has 2 rings (SSSR count). The Kier molecular flexibility index (Phi) is 3.04. The number of fused-ring (bicyclic) bond motifs is 1. The van der Waals surface area contributed by atoms with E-state index in [1.54, 1.807) is 6.92 Å². The summed E-state index contributed by atoms with van der Waals surface area (Å²) in [5, 5.41) is 9.81. The first-order valence-corrected chi connectivity index (χ1v) is 5.28. The first kappa shape index (κ1) is 12.8. The van der Waals surface area contributed by atoms with Gasteiger partial charge in [-0.1, -0.05) is 0 Å². The molecule has 0 radical (unpaired) electrons. The van der Waals surface area contributed by atoms with E-state index in [4.69, 9.17) is 5.73 Å². The molecule has 0 bridgehead atoms. The number of aliphatic hydroxyl groups excluding tert-OH is 1. The summed E-state index contributed by atoms with van der Waals surface area (Å²) < 4.78 is 39.0. The molecule has 2 aromatic heterocycles. The Morgan fingerprint density at radius 2 is 2.06 bits per heavy atom. The molecule has 7 heteroatoms. The standard InChI is InChI=1S/C11H12F3N3O/c1-6(15)10(18)8-4-16-9-3-2-7(5-17(8)9)11(12,13)14/h2-6,10,18H,15H2,1H3. The van der Waals surface area contributed by atoms with Crippen molar-refractivity contribution in [3.05, 3.63) is 35.8 Å². The Hall–Kier alpha value is -1.60. The molecule has 3 N–H and O–H groups in total. The maximum Gasteiger partial charge on any atom is 0.417 e. The third-order valence-electron chi connectivity index (χ3n) is 2.66. The van der Waals surface area contributed by atoms with Crippen molar-refractivity contribution in [2.75, 3.05) is 0 Å². The van der Waals surface area contributed by atoms with Crippen LogP contribution in [-0.4, -0.2) is 20.5 Å². The highest BCUT2D eigenvalue weighted by atomic mass is 19.4. The van der Waals surface area contributed by atoms with Crippen LogP contribution in [0.1, 0.15) is 24.3 Å². The molecular weight excluding hydrogens is 247 g/mol. The zero-order chi connectivity index (χ0) is 13.5. The van der Waals surface area contributed by atoms with Gasteiger partial charge >= 0.3 is 6.18 Å². The van der Waals surface area contributed by atoms with E-state index in [1.807, 2.05) is 0 Å². The quantitative estimate of drug-likeness (QED) is 0.863. The lowest BCUT2D eigenvalue weighted by molar-refractivity contribution is -0.137. The minimum Gasteiger partial charge on any atom is -0.385 e. The van der Waals surface area contributed by atoms with E-state index in [0.29, 0.717) is 5.65 Å². The van der Waals surface area contributed by atoms with Crippen LogP contribution >= 0.6 is 0 Å². The summed E-state index contributed by atoms with van der Waals surface area (Å²) in [5.74, 6) is 0. The number of imidazole rings is 1. The van der Waals surface area contributed by atoms with Crippen molar-refractivity contribution in [1.29, 1.82) is 0 Å². The number of pyridine rings is 1. The molecule has 2 unspecified atom stereocenters. The van der Waals surface area contributed by atoms with Gasteiger partial charge in [-0.2, -0.15) is 13.2 Å². The van der Waals surface area contributed by atoms with Crippen molar-refractivity contribution in [3.63, 3.8) is 0 Å². The summed E-state index contributed by atoms with van der Waals surface area (Å²) in [5.41, 5.74) is 5.30. The highest BCUT2D eigenvalue weighted by molar-refractivity contribution is 5.43. The van der Waals surface area contributed by atoms with Crippen LogP contribution in [0.15, 0.2) is 24.5 Å². The van der Waals surface area contributed by atoms with Crippen molar-refractivity contribution in [2.45, 2.75) is 25.2 Å². The first-order chi connectivity index (χ1) is 8.30. The summed E-state index contributed by atoms with van der Waals surface area (Å²) >= 11 is 0. The van der Waals surface area contributed by atoms with Crippen molar-refractivity contribution in [2.24, 2.45) is 5.73 Å². The molecule has 2 heterocycles. The van der Waals surface area contributed by atoms with Crippen LogP contribution in [0.25, 0.3) is 5.65 Å². The van der Waals surface area contributed by atoms with Gasteiger partial charge in [-0.3, -0.25) is 0 Å². The summed E-state index contributed by atoms with van der Waals surface area (Å²) in [6.07, 6.45) is -3.27. The molecule has 0 aliphatic heterocycles. The maximum atomic E-state index is 12.6. The number of aromatic nitrogens is 2. The number of rotatable bonds is 2. The van der Waals surface area contributed by atoms with E-state index in [-0.39, 0.29) is 5.69 Å². The molecule has 0 amide bonds. The number of alkyl halides is 3. The third-order valence-corrected chi connectivity index (χ3v) is 2.66. The van der Waals surface area contributed by atoms with Crippen molar-refractivity contribution in [1.82, 2.24) is 9.38 Å². The number of hydrogen-bond donors (Lipinski definition) is 2. The summed E-state index contributed by atoms with van der Waals surface area (Å²) in [6.45, 7) is 1.57. The lowest BCUT2D eigenvalue weighted by Crippen LogP contribution is -2.25. The summed E-state index contributed by atoms with van der Waals surface area (Å²) in [6, 6.07) is 1.60. The Morgan fingerprint density at radius 1 is 1.39 bits per heavy atom. The van der Waals surface area contributed by atoms with E-state index in [2.05, 4.69) is 4.98 Å². The predicted octanol–water partition coefficient (Wildman–Crippen LogP) is 1.73. The second kappa shape index (κ2) is 4.25. The number of aliphatic hydroxyl groups is 1. The van der Waals surface area contributed by atoms with Crippen molar-refractivity contribution >= 4 is 5.65 Å². The fourth-order valence-electron chi connectivity index (χ4n) is 1.66. The van der Waals surface area contributed by atoms with Gasteiger partial charge in [0.05, 0.1) is 17.5 Å². The van der Waals surface area contributed by atoms with Gasteiger partial charge in [0.15, 0.2) is 0 Å². The average Bonchev–Trinajstić information content (AvgIpc) is 2.69. The number of nitrogens with two attached hydrogens (primary N) is 1. The van der Waals surface area contributed by atoms with Gasteiger partial charge < -0.3 is 15.2 Å². The largest absolute Gasteiger partial charge is 0.417 e. The molecule has 0 spiro atoms. The van der Waals surface area contributed by atoms with Crippen LogP contribution in [0.3, 0.4) is 0 Å². The van der Waals surface area contributed by atoms with Gasteiger partial charge in [0.2, 0.25) is 0 Å². The van der Waals surface area contributed by atoms with E-state index >= 15 is 0 Å². The molecule has 0 aliphatic carbocycles. The monoisotopic (exact) mass is 259 g/mol. The highest BCUT2D eigenvalue weighted by Gasteiger charge is 2.31. The number of nitrogens with zero attached hydrogens (tertiary/aromatic N) is 2. The molecule has 0 aromatic carbocycles. The molecule has 2 atom stereocenters. The van der Waals surface area contributed by atoms with E-state index in [0.717, 1.165) is 12.3 Å². The van der Waals surface area contributed by atoms with Gasteiger partial charge in [0.1, 0.15) is 11.8 Å². The normalized spacial score (nSPS) is 15.9. The highest BCUT2D eigenvalue weighted by Crippen LogP contribution is 2.30. The van der Waals surface area contributed by atoms with Crippen LogP contribution in [-0.2, 0) is 6.18 Å². The van der Waals surface area contributed by atoms with Crippen LogP contribution in [0, 0.1) is 0 Å². The van der Waals surface area contributed by atoms with E-state index in [9.17, 15) is 18.3 Å². The van der Waals surface area contributed by atoms with Crippen molar-refractivity contribution in [3.8, 4) is 0 Å². The van der Waals surface area contributed by atoms with E-state index < -0.39 is 23.9 Å². The number of hydrogen-bond acceptors (Lipinski definition) is 3. The topological polar surface area (TPSA) is 63.5 Å². The minimum atomic E-state index is -4.44. The fourth-order valence-corrected chi connectivity index (χ4v) is 1.66. The van der Waals surface area contributed by atoms with Crippen LogP contribution < -0.4 is 5.73 Å². The molecule has 18 heavy (non-hydrogen) atoms. The molecule has 0 saturated carbocycles. The molecule has 4 nitrogen and oxygen atoms in total. The molecule has 2 aromatic rings. The first-order valence-electron chi connectivity index (χ1n) is 5.28. The smallest absolute Gasteiger partial charge is 0.385 e. The molecule has 98 valence electrons. The Balaban J connectivity index is 2.57. The second-order valence-corrected chi connectivity index (χ2v) is 4.13. The Bertz CT molecular complexity index is 562. The van der Waals surface area contributed by atoms with Gasteiger partial charge in [-0.25, -0.2) is 4.98 Å². The second-order valence-electron chi connectivity index (χ2n) is 4.13. The molecule has 0 fully saturated rings. The van der Waals surface area contributed by atoms with Gasteiger partial charge in [0.25, 0.3) is 0 Å². The van der Waals surface area contributed by atoms with E-state index in [1.165, 1.54) is 16.7 Å². The summed E-state index contributed by atoms with van der Waals surface area (Å²) in [4.78, 5) is 3.93. The summed E-state index contributed by atoms with van der Waals surface area (Å²) in [7, 11) is 0. The van der Waals surface area contributed by atoms with Crippen molar-refractivity contribution < 1.29 is 18.3 Å². The Labute approximate surface area is 101 Å². The number of halogens is 3. The molecule has 0 aliphatic rings. The van der Waals surface area contributed by atoms with Gasteiger partial charge in [0, 0.05) is 12.2 Å². The molecular formula is C11H12F3N3O. The zero-order valence-corrected chi connectivity index (χ0v) is 9.52. The van der Waals surface area contributed by atoms with Crippen LogP contribution in [0.2, 0.25) is 0 Å². The van der Waals surface area contributed by atoms with Crippen LogP contribution in [0.5, 0.6) is 0 Å². The third kappa shape index (κ3) is 2.19. The lowest BCUT2D eigenvalue weighted by Gasteiger charge is -2.14. The Morgan fingerprint density at radius 3 is 2.61 bits per heavy atom.